The average Bonchev–Trinajstić information content (AvgIpc) is 3.18. The molecule has 1 saturated heterocycles. The van der Waals surface area contributed by atoms with Crippen molar-refractivity contribution in [2.45, 2.75) is 25.8 Å². The third-order valence-corrected chi connectivity index (χ3v) is 5.28. The molecule has 0 spiro atoms. The highest BCUT2D eigenvalue weighted by Crippen LogP contribution is 2.19. The summed E-state index contributed by atoms with van der Waals surface area (Å²) in [6.45, 7) is 2.76. The van der Waals surface area contributed by atoms with E-state index in [1.54, 1.807) is 36.2 Å². The van der Waals surface area contributed by atoms with Crippen molar-refractivity contribution in [1.82, 2.24) is 24.8 Å². The number of fused-ring (bicyclic) bond motifs is 1. The van der Waals surface area contributed by atoms with E-state index in [1.165, 1.54) is 17.7 Å². The summed E-state index contributed by atoms with van der Waals surface area (Å²) >= 11 is 0. The van der Waals surface area contributed by atoms with E-state index in [1.807, 2.05) is 6.07 Å². The van der Waals surface area contributed by atoms with Gasteiger partial charge < -0.3 is 19.9 Å². The molecule has 0 aliphatic carbocycles. The maximum absolute atomic E-state index is 12.8. The summed E-state index contributed by atoms with van der Waals surface area (Å²) in [6, 6.07) is 8.56. The minimum absolute atomic E-state index is 0.0296. The lowest BCUT2D eigenvalue weighted by Crippen LogP contribution is -2.46. The summed E-state index contributed by atoms with van der Waals surface area (Å²) < 4.78 is 6.68. The third-order valence-electron chi connectivity index (χ3n) is 5.28. The van der Waals surface area contributed by atoms with Gasteiger partial charge >= 0.3 is 0 Å². The maximum Gasteiger partial charge on any atom is 0.274 e. The van der Waals surface area contributed by atoms with E-state index < -0.39 is 0 Å². The van der Waals surface area contributed by atoms with E-state index in [4.69, 9.17) is 4.74 Å². The second-order valence-corrected chi connectivity index (χ2v) is 7.37. The molecular weight excluding hydrogens is 386 g/mol. The summed E-state index contributed by atoms with van der Waals surface area (Å²) in [5.74, 6) is 0.122. The highest BCUT2D eigenvalue weighted by atomic mass is 16.5. The second-order valence-electron chi connectivity index (χ2n) is 7.37. The number of methoxy groups -OCH3 is 1. The summed E-state index contributed by atoms with van der Waals surface area (Å²) in [5.41, 5.74) is 1.45. The largest absolute Gasteiger partial charge is 0.496 e. The number of para-hydroxylation sites is 1. The topological polar surface area (TPSA) is 109 Å². The van der Waals surface area contributed by atoms with Gasteiger partial charge in [0, 0.05) is 37.1 Å². The zero-order valence-corrected chi connectivity index (χ0v) is 16.8. The molecule has 9 heteroatoms. The lowest BCUT2D eigenvalue weighted by Gasteiger charge is -2.32. The third kappa shape index (κ3) is 3.78. The number of benzene rings is 1. The first-order chi connectivity index (χ1) is 14.5. The van der Waals surface area contributed by atoms with Crippen molar-refractivity contribution in [3.05, 3.63) is 63.8 Å². The molecule has 0 saturated carbocycles. The number of aromatic nitrogens is 3. The number of rotatable bonds is 4. The fourth-order valence-corrected chi connectivity index (χ4v) is 3.71. The molecule has 1 fully saturated rings. The molecule has 3 heterocycles. The number of carbonyl (C=O) groups excluding carboxylic acids is 2. The molecule has 9 nitrogen and oxygen atoms in total. The van der Waals surface area contributed by atoms with E-state index in [0.29, 0.717) is 48.5 Å². The first-order valence-corrected chi connectivity index (χ1v) is 9.78. The number of aryl methyl sites for hydroxylation is 1. The number of ether oxygens (including phenoxy) is 1. The number of H-pyrrole nitrogens is 1. The lowest BCUT2D eigenvalue weighted by molar-refractivity contribution is 0.0692. The monoisotopic (exact) mass is 409 g/mol. The zero-order chi connectivity index (χ0) is 21.3. The molecule has 0 bridgehead atoms. The van der Waals surface area contributed by atoms with Crippen molar-refractivity contribution < 1.29 is 14.3 Å². The van der Waals surface area contributed by atoms with Crippen LogP contribution in [0.5, 0.6) is 5.75 Å². The van der Waals surface area contributed by atoms with E-state index in [9.17, 15) is 14.4 Å². The van der Waals surface area contributed by atoms with E-state index in [0.717, 1.165) is 0 Å². The van der Waals surface area contributed by atoms with Gasteiger partial charge in [0.2, 0.25) is 0 Å². The molecule has 2 amide bonds. The zero-order valence-electron chi connectivity index (χ0n) is 16.8. The standard InChI is InChI=1S/C21H23N5O4/c1-13-12-26-17(20(28)22-13)11-16(24-26)21(29)25-9-7-14(8-10-25)23-19(27)15-5-3-4-6-18(15)30-2/h3-6,11-12,14H,7-10H2,1-2H3,(H,22,28)(H,23,27). The Kier molecular flexibility index (Phi) is 5.26. The number of hydrogen-bond donors (Lipinski definition) is 2. The Morgan fingerprint density at radius 2 is 1.97 bits per heavy atom. The van der Waals surface area contributed by atoms with E-state index in [-0.39, 0.29) is 29.1 Å². The molecule has 0 unspecified atom stereocenters. The Balaban J connectivity index is 1.40. The van der Waals surface area contributed by atoms with Gasteiger partial charge in [0.05, 0.1) is 12.7 Å². The number of amides is 2. The van der Waals surface area contributed by atoms with Crippen LogP contribution in [0.1, 0.15) is 39.4 Å². The SMILES string of the molecule is COc1ccccc1C(=O)NC1CCN(C(=O)c2cc3c(=O)[nH]c(C)cn3n2)CC1. The van der Waals surface area contributed by atoms with Gasteiger partial charge in [-0.2, -0.15) is 5.10 Å². The molecule has 2 N–H and O–H groups in total. The Morgan fingerprint density at radius 1 is 1.23 bits per heavy atom. The van der Waals surface area contributed by atoms with Crippen LogP contribution in [-0.4, -0.2) is 57.6 Å². The van der Waals surface area contributed by atoms with Crippen LogP contribution in [0.3, 0.4) is 0 Å². The van der Waals surface area contributed by atoms with Gasteiger partial charge in [-0.1, -0.05) is 12.1 Å². The van der Waals surface area contributed by atoms with Crippen molar-refractivity contribution in [2.75, 3.05) is 20.2 Å². The van der Waals surface area contributed by atoms with Crippen LogP contribution in [0.15, 0.2) is 41.3 Å². The Bertz CT molecular complexity index is 1160. The van der Waals surface area contributed by atoms with Crippen molar-refractivity contribution in [3.8, 4) is 5.75 Å². The summed E-state index contributed by atoms with van der Waals surface area (Å²) in [6.07, 6.45) is 2.95. The second kappa shape index (κ2) is 8.02. The molecule has 1 aliphatic rings. The van der Waals surface area contributed by atoms with Crippen LogP contribution < -0.4 is 15.6 Å². The first-order valence-electron chi connectivity index (χ1n) is 9.78. The normalized spacial score (nSPS) is 14.7. The fourth-order valence-electron chi connectivity index (χ4n) is 3.71. The lowest BCUT2D eigenvalue weighted by atomic mass is 10.0. The number of nitrogens with zero attached hydrogens (tertiary/aromatic N) is 3. The van der Waals surface area contributed by atoms with Gasteiger partial charge in [0.1, 0.15) is 11.3 Å². The average molecular weight is 409 g/mol. The maximum atomic E-state index is 12.8. The number of aromatic amines is 1. The quantitative estimate of drug-likeness (QED) is 0.677. The molecule has 1 aliphatic heterocycles. The van der Waals surface area contributed by atoms with Gasteiger partial charge in [-0.05, 0) is 31.9 Å². The summed E-state index contributed by atoms with van der Waals surface area (Å²) in [5, 5.41) is 7.28. The van der Waals surface area contributed by atoms with E-state index >= 15 is 0 Å². The Hall–Kier alpha value is -3.62. The van der Waals surface area contributed by atoms with Crippen LogP contribution in [0, 0.1) is 6.92 Å². The molecule has 4 rings (SSSR count). The van der Waals surface area contributed by atoms with Crippen molar-refractivity contribution >= 4 is 17.3 Å². The number of hydrogen-bond acceptors (Lipinski definition) is 5. The van der Waals surface area contributed by atoms with E-state index in [2.05, 4.69) is 15.4 Å². The predicted molar refractivity (Wildman–Crippen MR) is 110 cm³/mol. The fraction of sp³-hybridized carbons (Fsp3) is 0.333. The smallest absolute Gasteiger partial charge is 0.274 e. The molecule has 2 aromatic heterocycles. The van der Waals surface area contributed by atoms with Crippen molar-refractivity contribution in [2.24, 2.45) is 0 Å². The van der Waals surface area contributed by atoms with Crippen molar-refractivity contribution in [1.29, 1.82) is 0 Å². The first kappa shape index (κ1) is 19.7. The molecule has 0 atom stereocenters. The molecule has 1 aromatic carbocycles. The highest BCUT2D eigenvalue weighted by molar-refractivity contribution is 5.97. The molecule has 156 valence electrons. The minimum atomic E-state index is -0.278. The van der Waals surface area contributed by atoms with Crippen LogP contribution >= 0.6 is 0 Å². The van der Waals surface area contributed by atoms with Gasteiger partial charge in [0.25, 0.3) is 17.4 Å². The number of nitrogens with one attached hydrogen (secondary N) is 2. The number of carbonyl (C=O) groups is 2. The van der Waals surface area contributed by atoms with Crippen LogP contribution in [-0.2, 0) is 0 Å². The minimum Gasteiger partial charge on any atom is -0.496 e. The molecule has 30 heavy (non-hydrogen) atoms. The Labute approximate surface area is 172 Å². The molecule has 0 radical (unpaired) electrons. The molecule has 3 aromatic rings. The van der Waals surface area contributed by atoms with Crippen LogP contribution in [0.25, 0.3) is 5.52 Å². The number of piperidine rings is 1. The predicted octanol–water partition coefficient (Wildman–Crippen LogP) is 1.37. The summed E-state index contributed by atoms with van der Waals surface area (Å²) in [7, 11) is 1.53. The van der Waals surface area contributed by atoms with Gasteiger partial charge in [-0.15, -0.1) is 0 Å². The van der Waals surface area contributed by atoms with Crippen LogP contribution in [0.2, 0.25) is 0 Å². The number of likely N-dealkylation sites (tertiary alicyclic amines) is 1. The molecular formula is C21H23N5O4. The van der Waals surface area contributed by atoms with Crippen molar-refractivity contribution in [3.63, 3.8) is 0 Å². The van der Waals surface area contributed by atoms with Gasteiger partial charge in [-0.25, -0.2) is 4.52 Å². The summed E-state index contributed by atoms with van der Waals surface area (Å²) in [4.78, 5) is 41.8. The highest BCUT2D eigenvalue weighted by Gasteiger charge is 2.27. The van der Waals surface area contributed by atoms with Crippen LogP contribution in [0.4, 0.5) is 0 Å². The van der Waals surface area contributed by atoms with Gasteiger partial charge in [0.15, 0.2) is 5.69 Å². The van der Waals surface area contributed by atoms with Gasteiger partial charge in [-0.3, -0.25) is 14.4 Å². The Morgan fingerprint density at radius 3 is 2.70 bits per heavy atom.